The summed E-state index contributed by atoms with van der Waals surface area (Å²) in [6.07, 6.45) is 0.803. The zero-order valence-electron chi connectivity index (χ0n) is 10.4. The summed E-state index contributed by atoms with van der Waals surface area (Å²) in [5.41, 5.74) is 6.94. The number of nitrogens with zero attached hydrogens (tertiary/aromatic N) is 1. The third kappa shape index (κ3) is 3.77. The first-order valence-electron chi connectivity index (χ1n) is 5.92. The number of rotatable bonds is 6. The molecule has 3 N–H and O–H groups in total. The van der Waals surface area contributed by atoms with Crippen LogP contribution < -0.4 is 5.73 Å². The Morgan fingerprint density at radius 1 is 1.47 bits per heavy atom. The number of hydrogen-bond donors (Lipinski definition) is 2. The molecule has 0 bridgehead atoms. The molecule has 1 aromatic carbocycles. The van der Waals surface area contributed by atoms with Gasteiger partial charge in [-0.2, -0.15) is 0 Å². The van der Waals surface area contributed by atoms with Crippen molar-refractivity contribution in [3.8, 4) is 0 Å². The van der Waals surface area contributed by atoms with Gasteiger partial charge in [0.1, 0.15) is 5.82 Å². The Bertz CT molecular complexity index is 346. The second-order valence-corrected chi connectivity index (χ2v) is 4.28. The third-order valence-electron chi connectivity index (χ3n) is 2.99. The van der Waals surface area contributed by atoms with Gasteiger partial charge in [-0.25, -0.2) is 4.39 Å². The summed E-state index contributed by atoms with van der Waals surface area (Å²) in [5.74, 6) is -0.256. The Hall–Kier alpha value is -0.970. The summed E-state index contributed by atoms with van der Waals surface area (Å²) in [7, 11) is 1.89. The molecule has 0 radical (unpaired) electrons. The van der Waals surface area contributed by atoms with E-state index < -0.39 is 0 Å². The monoisotopic (exact) mass is 240 g/mol. The molecule has 1 rings (SSSR count). The van der Waals surface area contributed by atoms with Crippen molar-refractivity contribution < 1.29 is 9.50 Å². The summed E-state index contributed by atoms with van der Waals surface area (Å²) in [5, 5.41) is 8.98. The second-order valence-electron chi connectivity index (χ2n) is 4.28. The molecule has 96 valence electrons. The van der Waals surface area contributed by atoms with E-state index in [1.807, 2.05) is 24.9 Å². The van der Waals surface area contributed by atoms with E-state index in [0.29, 0.717) is 6.54 Å². The van der Waals surface area contributed by atoms with Crippen LogP contribution in [-0.4, -0.2) is 36.2 Å². The summed E-state index contributed by atoms with van der Waals surface area (Å²) >= 11 is 0. The molecule has 0 aromatic heterocycles. The highest BCUT2D eigenvalue weighted by molar-refractivity contribution is 5.21. The van der Waals surface area contributed by atoms with E-state index in [0.717, 1.165) is 12.0 Å². The highest BCUT2D eigenvalue weighted by Crippen LogP contribution is 2.24. The van der Waals surface area contributed by atoms with Gasteiger partial charge in [0.05, 0.1) is 6.61 Å². The molecule has 0 aliphatic rings. The van der Waals surface area contributed by atoms with Crippen LogP contribution in [0.3, 0.4) is 0 Å². The van der Waals surface area contributed by atoms with Gasteiger partial charge in [0.25, 0.3) is 0 Å². The lowest BCUT2D eigenvalue weighted by Crippen LogP contribution is -2.40. The molecular formula is C13H21FN2O. The normalized spacial score (nSPS) is 14.9. The fraction of sp³-hybridized carbons (Fsp3) is 0.538. The molecule has 0 saturated carbocycles. The van der Waals surface area contributed by atoms with E-state index in [9.17, 15) is 4.39 Å². The number of benzene rings is 1. The third-order valence-corrected chi connectivity index (χ3v) is 2.99. The number of aliphatic hydroxyl groups excluding tert-OH is 1. The van der Waals surface area contributed by atoms with E-state index in [2.05, 4.69) is 0 Å². The van der Waals surface area contributed by atoms with Crippen molar-refractivity contribution in [2.75, 3.05) is 20.2 Å². The Kier molecular flexibility index (Phi) is 5.55. The van der Waals surface area contributed by atoms with Gasteiger partial charge in [0.15, 0.2) is 0 Å². The van der Waals surface area contributed by atoms with Crippen LogP contribution in [0.2, 0.25) is 0 Å². The van der Waals surface area contributed by atoms with Gasteiger partial charge in [-0.3, -0.25) is 4.90 Å². The summed E-state index contributed by atoms with van der Waals surface area (Å²) in [6.45, 7) is 2.59. The van der Waals surface area contributed by atoms with Crippen molar-refractivity contribution in [1.29, 1.82) is 0 Å². The average Bonchev–Trinajstić information content (AvgIpc) is 2.29. The minimum absolute atomic E-state index is 0.0668. The zero-order valence-corrected chi connectivity index (χ0v) is 10.4. The Balaban J connectivity index is 2.97. The molecular weight excluding hydrogens is 219 g/mol. The van der Waals surface area contributed by atoms with Gasteiger partial charge in [0.2, 0.25) is 0 Å². The number of aliphatic hydroxyl groups is 1. The van der Waals surface area contributed by atoms with Crippen LogP contribution in [0, 0.1) is 5.82 Å². The van der Waals surface area contributed by atoms with Crippen LogP contribution in [0.5, 0.6) is 0 Å². The fourth-order valence-electron chi connectivity index (χ4n) is 2.04. The Labute approximate surface area is 102 Å². The van der Waals surface area contributed by atoms with Crippen LogP contribution in [0.4, 0.5) is 4.39 Å². The van der Waals surface area contributed by atoms with Gasteiger partial charge in [-0.15, -0.1) is 0 Å². The summed E-state index contributed by atoms with van der Waals surface area (Å²) in [6, 6.07) is 6.35. The van der Waals surface area contributed by atoms with Crippen LogP contribution >= 0.6 is 0 Å². The van der Waals surface area contributed by atoms with Gasteiger partial charge in [0, 0.05) is 18.6 Å². The second kappa shape index (κ2) is 6.69. The highest BCUT2D eigenvalue weighted by atomic mass is 19.1. The highest BCUT2D eigenvalue weighted by Gasteiger charge is 2.22. The molecule has 2 atom stereocenters. The molecule has 2 unspecified atom stereocenters. The van der Waals surface area contributed by atoms with Crippen molar-refractivity contribution in [2.24, 2.45) is 5.73 Å². The number of likely N-dealkylation sites (N-methyl/N-ethyl adjacent to an activating group) is 1. The molecule has 0 saturated heterocycles. The van der Waals surface area contributed by atoms with E-state index in [4.69, 9.17) is 10.8 Å². The van der Waals surface area contributed by atoms with Crippen molar-refractivity contribution in [3.63, 3.8) is 0 Å². The van der Waals surface area contributed by atoms with E-state index in [-0.39, 0.29) is 24.5 Å². The number of hydrogen-bond acceptors (Lipinski definition) is 3. The minimum atomic E-state index is -0.256. The molecule has 0 aliphatic carbocycles. The maximum atomic E-state index is 13.2. The Morgan fingerprint density at radius 3 is 2.71 bits per heavy atom. The molecule has 0 heterocycles. The Morgan fingerprint density at radius 2 is 2.18 bits per heavy atom. The summed E-state index contributed by atoms with van der Waals surface area (Å²) < 4.78 is 13.2. The first-order valence-corrected chi connectivity index (χ1v) is 5.92. The smallest absolute Gasteiger partial charge is 0.123 e. The molecule has 4 heteroatoms. The first kappa shape index (κ1) is 14.1. The quantitative estimate of drug-likeness (QED) is 0.792. The lowest BCUT2D eigenvalue weighted by atomic mass is 9.96. The minimum Gasteiger partial charge on any atom is -0.395 e. The maximum Gasteiger partial charge on any atom is 0.123 e. The molecule has 17 heavy (non-hydrogen) atoms. The van der Waals surface area contributed by atoms with E-state index in [1.54, 1.807) is 6.07 Å². The van der Waals surface area contributed by atoms with Crippen molar-refractivity contribution in [3.05, 3.63) is 35.6 Å². The molecule has 0 aliphatic heterocycles. The summed E-state index contributed by atoms with van der Waals surface area (Å²) in [4.78, 5) is 1.96. The van der Waals surface area contributed by atoms with E-state index >= 15 is 0 Å². The molecule has 1 aromatic rings. The predicted molar refractivity (Wildman–Crippen MR) is 67.1 cm³/mol. The van der Waals surface area contributed by atoms with Crippen LogP contribution in [0.15, 0.2) is 24.3 Å². The fourth-order valence-corrected chi connectivity index (χ4v) is 2.04. The number of halogens is 1. The largest absolute Gasteiger partial charge is 0.395 e. The van der Waals surface area contributed by atoms with Gasteiger partial charge < -0.3 is 10.8 Å². The van der Waals surface area contributed by atoms with Gasteiger partial charge in [-0.05, 0) is 31.2 Å². The molecule has 0 fully saturated rings. The van der Waals surface area contributed by atoms with Gasteiger partial charge in [-0.1, -0.05) is 19.1 Å². The van der Waals surface area contributed by atoms with Crippen molar-refractivity contribution >= 4 is 0 Å². The zero-order chi connectivity index (χ0) is 12.8. The average molecular weight is 240 g/mol. The maximum absolute atomic E-state index is 13.2. The lowest BCUT2D eigenvalue weighted by molar-refractivity contribution is 0.161. The molecule has 3 nitrogen and oxygen atoms in total. The topological polar surface area (TPSA) is 49.5 Å². The first-order chi connectivity index (χ1) is 8.10. The van der Waals surface area contributed by atoms with E-state index in [1.165, 1.54) is 12.1 Å². The van der Waals surface area contributed by atoms with Crippen LogP contribution in [-0.2, 0) is 0 Å². The molecule has 0 spiro atoms. The lowest BCUT2D eigenvalue weighted by Gasteiger charge is -2.32. The van der Waals surface area contributed by atoms with Crippen molar-refractivity contribution in [2.45, 2.75) is 25.4 Å². The predicted octanol–water partition coefficient (Wildman–Crippen LogP) is 1.53. The SMILES string of the molecule is CCC(N)C(c1cccc(F)c1)N(C)CCO. The standard InChI is InChI=1S/C13H21FN2O/c1-3-12(15)13(16(2)7-8-17)10-5-4-6-11(14)9-10/h4-6,9,12-13,17H,3,7-8,15H2,1-2H3. The number of nitrogens with two attached hydrogens (primary N) is 1. The molecule has 0 amide bonds. The van der Waals surface area contributed by atoms with Gasteiger partial charge >= 0.3 is 0 Å². The van der Waals surface area contributed by atoms with Crippen LogP contribution in [0.1, 0.15) is 24.9 Å². The van der Waals surface area contributed by atoms with Crippen LogP contribution in [0.25, 0.3) is 0 Å². The van der Waals surface area contributed by atoms with Crippen molar-refractivity contribution in [1.82, 2.24) is 4.90 Å².